The summed E-state index contributed by atoms with van der Waals surface area (Å²) in [5, 5.41) is 9.62. The predicted octanol–water partition coefficient (Wildman–Crippen LogP) is 7.04. The van der Waals surface area contributed by atoms with E-state index in [0.29, 0.717) is 131 Å². The Bertz CT molecular complexity index is 2310. The van der Waals surface area contributed by atoms with E-state index >= 15 is 0 Å². The van der Waals surface area contributed by atoms with Crippen LogP contribution in [0.1, 0.15) is 103 Å². The molecule has 3 N–H and O–H groups in total. The Morgan fingerprint density at radius 2 is 0.556 bits per heavy atom. The summed E-state index contributed by atoms with van der Waals surface area (Å²) >= 11 is 0. The summed E-state index contributed by atoms with van der Waals surface area (Å²) in [7, 11) is 0. The molecule has 0 atom stereocenters. The van der Waals surface area contributed by atoms with Crippen LogP contribution >= 0.6 is 0 Å². The van der Waals surface area contributed by atoms with E-state index in [2.05, 4.69) is 60.6 Å². The maximum absolute atomic E-state index is 14.9. The van der Waals surface area contributed by atoms with Crippen LogP contribution in [0.4, 0.5) is 0 Å². The highest BCUT2D eigenvalue weighted by molar-refractivity contribution is 6.10. The van der Waals surface area contributed by atoms with E-state index in [1.165, 1.54) is 0 Å². The second-order valence-corrected chi connectivity index (χ2v) is 17.4. The molecule has 0 aliphatic carbocycles. The molecule has 15 heteroatoms. The number of pyridine rings is 6. The second kappa shape index (κ2) is 27.7. The Morgan fingerprint density at radius 3 is 0.722 bits per heavy atom. The number of nitrogens with zero attached hydrogens (tertiary/aromatic N) is 9. The smallest absolute Gasteiger partial charge is 0.251 e. The van der Waals surface area contributed by atoms with E-state index < -0.39 is 0 Å². The lowest BCUT2D eigenvalue weighted by Gasteiger charge is -2.26. The molecule has 0 saturated heterocycles. The van der Waals surface area contributed by atoms with Crippen molar-refractivity contribution in [2.24, 2.45) is 0 Å². The van der Waals surface area contributed by atoms with Crippen molar-refractivity contribution in [2.45, 2.75) is 79.3 Å². The van der Waals surface area contributed by atoms with Gasteiger partial charge in [0.05, 0.1) is 34.2 Å². The molecule has 0 fully saturated rings. The minimum Gasteiger partial charge on any atom is -0.351 e. The Kier molecular flexibility index (Phi) is 20.1. The molecular weight excluding hydrogens is 901 g/mol. The molecule has 15 nitrogen and oxygen atoms in total. The zero-order valence-corrected chi connectivity index (χ0v) is 41.7. The summed E-state index contributed by atoms with van der Waals surface area (Å²) in [6, 6.07) is 35.0. The van der Waals surface area contributed by atoms with Crippen molar-refractivity contribution in [3.05, 3.63) is 214 Å². The third-order valence-corrected chi connectivity index (χ3v) is 12.4. The van der Waals surface area contributed by atoms with E-state index in [-0.39, 0.29) is 17.7 Å². The zero-order valence-electron chi connectivity index (χ0n) is 41.7. The Hall–Kier alpha value is -7.59. The van der Waals surface area contributed by atoms with Gasteiger partial charge in [0.2, 0.25) is 0 Å². The van der Waals surface area contributed by atoms with Gasteiger partial charge in [-0.05, 0) is 109 Å². The van der Waals surface area contributed by atoms with Gasteiger partial charge in [-0.3, -0.25) is 59.0 Å². The third-order valence-electron chi connectivity index (χ3n) is 12.4. The normalized spacial score (nSPS) is 11.2. The highest BCUT2D eigenvalue weighted by Gasteiger charge is 2.31. The molecule has 1 aromatic carbocycles. The molecule has 0 aliphatic rings. The van der Waals surface area contributed by atoms with Gasteiger partial charge < -0.3 is 16.0 Å². The average Bonchev–Trinajstić information content (AvgIpc) is 3.41. The summed E-state index contributed by atoms with van der Waals surface area (Å²) in [6.45, 7) is 11.6. The molecule has 6 aromatic heterocycles. The molecule has 3 amide bonds. The number of nitrogens with one attached hydrogen (secondary N) is 3. The number of hydrogen-bond acceptors (Lipinski definition) is 12. The standard InChI is InChI=1S/C57H66N12O3/c1-4-49-52(55(70)64-31-34-67(37-43-19-7-13-25-58-43)38-44-20-8-14-26-59-44)50(5-2)54(57(72)66-33-36-69(41-47-23-11-17-29-62-47)42-48-24-12-18-30-63-48)51(6-3)53(49)56(71)65-32-35-68(39-45-21-9-15-27-60-45)40-46-22-10-16-28-61-46/h7-30H,4-6,31-42H2,1-3H3,(H,64,70)(H,65,71)(H,66,72). The fourth-order valence-electron chi connectivity index (χ4n) is 9.02. The molecule has 0 saturated carbocycles. The van der Waals surface area contributed by atoms with E-state index in [1.54, 1.807) is 37.2 Å². The van der Waals surface area contributed by atoms with Crippen LogP contribution in [0.25, 0.3) is 0 Å². The van der Waals surface area contributed by atoms with Crippen molar-refractivity contribution >= 4 is 17.7 Å². The van der Waals surface area contributed by atoms with Gasteiger partial charge in [0.15, 0.2) is 0 Å². The van der Waals surface area contributed by atoms with Crippen molar-refractivity contribution in [1.82, 2.24) is 60.6 Å². The van der Waals surface area contributed by atoms with Crippen LogP contribution in [0.5, 0.6) is 0 Å². The lowest BCUT2D eigenvalue weighted by molar-refractivity contribution is 0.0944. The highest BCUT2D eigenvalue weighted by Crippen LogP contribution is 2.31. The number of hydrogen-bond donors (Lipinski definition) is 3. The Morgan fingerprint density at radius 1 is 0.347 bits per heavy atom. The van der Waals surface area contributed by atoms with Crippen molar-refractivity contribution in [2.75, 3.05) is 39.3 Å². The molecule has 0 radical (unpaired) electrons. The Balaban J connectivity index is 1.17. The summed E-state index contributed by atoms with van der Waals surface area (Å²) in [5.41, 5.74) is 8.34. The van der Waals surface area contributed by atoms with Gasteiger partial charge >= 0.3 is 0 Å². The maximum Gasteiger partial charge on any atom is 0.251 e. The summed E-state index contributed by atoms with van der Waals surface area (Å²) in [5.74, 6) is -1.00. The number of benzene rings is 1. The number of amides is 3. The summed E-state index contributed by atoms with van der Waals surface area (Å²) in [6.07, 6.45) is 11.8. The van der Waals surface area contributed by atoms with Crippen LogP contribution < -0.4 is 16.0 Å². The van der Waals surface area contributed by atoms with E-state index in [9.17, 15) is 14.4 Å². The SMILES string of the molecule is CCc1c(C(=O)NCCN(Cc2ccccn2)Cc2ccccn2)c(CC)c(C(=O)NCCN(Cc2ccccn2)Cc2ccccn2)c(CC)c1C(=O)NCCN(Cc1ccccn1)Cc1ccccn1. The van der Waals surface area contributed by atoms with Gasteiger partial charge in [-0.15, -0.1) is 0 Å². The second-order valence-electron chi connectivity index (χ2n) is 17.4. The van der Waals surface area contributed by atoms with Crippen LogP contribution in [-0.4, -0.2) is 102 Å². The van der Waals surface area contributed by atoms with Gasteiger partial charge in [0, 0.05) is 132 Å². The molecule has 372 valence electrons. The van der Waals surface area contributed by atoms with Gasteiger partial charge in [0.25, 0.3) is 17.7 Å². The average molecular weight is 967 g/mol. The molecule has 72 heavy (non-hydrogen) atoms. The fourth-order valence-corrected chi connectivity index (χ4v) is 9.02. The predicted molar refractivity (Wildman–Crippen MR) is 279 cm³/mol. The van der Waals surface area contributed by atoms with E-state index in [1.807, 2.05) is 130 Å². The first-order chi connectivity index (χ1) is 35.3. The largest absolute Gasteiger partial charge is 0.351 e. The number of rotatable bonds is 27. The lowest BCUT2D eigenvalue weighted by atomic mass is 9.82. The third kappa shape index (κ3) is 15.2. The number of aromatic nitrogens is 6. The molecule has 7 rings (SSSR count). The van der Waals surface area contributed by atoms with Gasteiger partial charge in [-0.2, -0.15) is 0 Å². The van der Waals surface area contributed by atoms with Crippen molar-refractivity contribution in [3.8, 4) is 0 Å². The molecule has 0 bridgehead atoms. The van der Waals surface area contributed by atoms with Crippen molar-refractivity contribution in [1.29, 1.82) is 0 Å². The summed E-state index contributed by atoms with van der Waals surface area (Å²) < 4.78 is 0. The quantitative estimate of drug-likeness (QED) is 0.0481. The first-order valence-corrected chi connectivity index (χ1v) is 24.9. The van der Waals surface area contributed by atoms with Crippen LogP contribution in [0, 0.1) is 0 Å². The highest BCUT2D eigenvalue weighted by atomic mass is 16.2. The first-order valence-electron chi connectivity index (χ1n) is 24.9. The summed E-state index contributed by atoms with van der Waals surface area (Å²) in [4.78, 5) is 78.6. The maximum atomic E-state index is 14.9. The first kappa shape index (κ1) is 52.2. The van der Waals surface area contributed by atoms with Crippen LogP contribution in [0.3, 0.4) is 0 Å². The van der Waals surface area contributed by atoms with Crippen LogP contribution in [0.2, 0.25) is 0 Å². The fraction of sp³-hybridized carbons (Fsp3) is 0.316. The van der Waals surface area contributed by atoms with Crippen molar-refractivity contribution in [3.63, 3.8) is 0 Å². The van der Waals surface area contributed by atoms with E-state index in [4.69, 9.17) is 0 Å². The molecular formula is C57H66N12O3. The monoisotopic (exact) mass is 967 g/mol. The van der Waals surface area contributed by atoms with E-state index in [0.717, 1.165) is 34.2 Å². The van der Waals surface area contributed by atoms with Gasteiger partial charge in [-0.1, -0.05) is 57.2 Å². The number of carbonyl (C=O) groups excluding carboxylic acids is 3. The molecule has 6 heterocycles. The lowest BCUT2D eigenvalue weighted by Crippen LogP contribution is -2.39. The minimum atomic E-state index is -0.334. The van der Waals surface area contributed by atoms with Crippen LogP contribution in [-0.2, 0) is 58.5 Å². The van der Waals surface area contributed by atoms with Crippen LogP contribution in [0.15, 0.2) is 146 Å². The van der Waals surface area contributed by atoms with Gasteiger partial charge in [0.1, 0.15) is 0 Å². The van der Waals surface area contributed by atoms with Gasteiger partial charge in [-0.25, -0.2) is 0 Å². The topological polar surface area (TPSA) is 174 Å². The zero-order chi connectivity index (χ0) is 50.3. The molecule has 0 unspecified atom stereocenters. The minimum absolute atomic E-state index is 0.300. The molecule has 0 aliphatic heterocycles. The number of carbonyl (C=O) groups is 3. The van der Waals surface area contributed by atoms with Crippen molar-refractivity contribution < 1.29 is 14.4 Å². The Labute approximate surface area is 423 Å². The molecule has 7 aromatic rings. The molecule has 0 spiro atoms.